The van der Waals surface area contributed by atoms with Crippen LogP contribution in [-0.4, -0.2) is 11.0 Å². The predicted molar refractivity (Wildman–Crippen MR) is 68.3 cm³/mol. The molecule has 92 valence electrons. The Morgan fingerprint density at radius 1 is 1.11 bits per heavy atom. The minimum Gasteiger partial charge on any atom is -0.308 e. The number of rotatable bonds is 2. The Hall–Kier alpha value is -2.14. The van der Waals surface area contributed by atoms with Crippen molar-refractivity contribution in [1.82, 2.24) is 4.98 Å². The van der Waals surface area contributed by atoms with Crippen LogP contribution in [0, 0.1) is 5.82 Å². The van der Waals surface area contributed by atoms with Gasteiger partial charge in [0.05, 0.1) is 6.20 Å². The largest absolute Gasteiger partial charge is 0.324 e. The standard InChI is InChI=1S/C12H9ClFN3O/c13-8-1-4-10(5-2-8)16-12(18)17-11-6-3-9(14)7-15-11/h1-7H,(H2,15,16,17,18). The molecular weight excluding hydrogens is 257 g/mol. The fourth-order valence-corrected chi connectivity index (χ4v) is 1.39. The Labute approximate surface area is 108 Å². The summed E-state index contributed by atoms with van der Waals surface area (Å²) in [7, 11) is 0. The summed E-state index contributed by atoms with van der Waals surface area (Å²) in [5, 5.41) is 5.65. The summed E-state index contributed by atoms with van der Waals surface area (Å²) in [4.78, 5) is 15.3. The molecule has 1 heterocycles. The molecule has 2 rings (SSSR count). The number of anilines is 2. The second-order valence-corrected chi connectivity index (χ2v) is 3.88. The van der Waals surface area contributed by atoms with E-state index in [0.717, 1.165) is 6.20 Å². The second kappa shape index (κ2) is 5.46. The highest BCUT2D eigenvalue weighted by molar-refractivity contribution is 6.30. The smallest absolute Gasteiger partial charge is 0.308 e. The van der Waals surface area contributed by atoms with Gasteiger partial charge in [-0.05, 0) is 36.4 Å². The van der Waals surface area contributed by atoms with Crippen molar-refractivity contribution in [3.63, 3.8) is 0 Å². The SMILES string of the molecule is O=C(Nc1ccc(Cl)cc1)Nc1ccc(F)cn1. The topological polar surface area (TPSA) is 54.0 Å². The van der Waals surface area contributed by atoms with Crippen molar-refractivity contribution in [2.24, 2.45) is 0 Å². The fourth-order valence-electron chi connectivity index (χ4n) is 1.26. The van der Waals surface area contributed by atoms with Gasteiger partial charge in [0, 0.05) is 10.7 Å². The summed E-state index contributed by atoms with van der Waals surface area (Å²) < 4.78 is 12.6. The number of pyridine rings is 1. The number of aromatic nitrogens is 1. The molecule has 0 aliphatic carbocycles. The monoisotopic (exact) mass is 265 g/mol. The van der Waals surface area contributed by atoms with Gasteiger partial charge in [0.1, 0.15) is 11.6 Å². The summed E-state index contributed by atoms with van der Waals surface area (Å²) in [6.45, 7) is 0. The summed E-state index contributed by atoms with van der Waals surface area (Å²) >= 11 is 5.72. The maximum Gasteiger partial charge on any atom is 0.324 e. The van der Waals surface area contributed by atoms with Crippen molar-refractivity contribution in [2.75, 3.05) is 10.6 Å². The third-order valence-electron chi connectivity index (χ3n) is 2.07. The van der Waals surface area contributed by atoms with Gasteiger partial charge in [0.2, 0.25) is 0 Å². The summed E-state index contributed by atoms with van der Waals surface area (Å²) in [6, 6.07) is 8.78. The van der Waals surface area contributed by atoms with E-state index in [0.29, 0.717) is 10.7 Å². The van der Waals surface area contributed by atoms with E-state index in [1.165, 1.54) is 12.1 Å². The Bertz CT molecular complexity index is 493. The molecule has 1 aromatic heterocycles. The van der Waals surface area contributed by atoms with Gasteiger partial charge in [-0.3, -0.25) is 5.32 Å². The average Bonchev–Trinajstić information content (AvgIpc) is 2.35. The van der Waals surface area contributed by atoms with E-state index >= 15 is 0 Å². The molecule has 18 heavy (non-hydrogen) atoms. The minimum absolute atomic E-state index is 0.267. The highest BCUT2D eigenvalue weighted by atomic mass is 35.5. The maximum absolute atomic E-state index is 12.6. The van der Waals surface area contributed by atoms with Crippen LogP contribution < -0.4 is 10.6 Å². The van der Waals surface area contributed by atoms with Crippen molar-refractivity contribution in [3.8, 4) is 0 Å². The number of carbonyl (C=O) groups excluding carboxylic acids is 1. The molecule has 0 radical (unpaired) electrons. The van der Waals surface area contributed by atoms with Gasteiger partial charge in [-0.1, -0.05) is 11.6 Å². The first-order valence-electron chi connectivity index (χ1n) is 5.08. The lowest BCUT2D eigenvalue weighted by Crippen LogP contribution is -2.19. The number of nitrogens with zero attached hydrogens (tertiary/aromatic N) is 1. The van der Waals surface area contributed by atoms with Crippen LogP contribution in [0.1, 0.15) is 0 Å². The average molecular weight is 266 g/mol. The third-order valence-corrected chi connectivity index (χ3v) is 2.32. The highest BCUT2D eigenvalue weighted by Gasteiger charge is 2.03. The van der Waals surface area contributed by atoms with Gasteiger partial charge >= 0.3 is 6.03 Å². The molecule has 0 unspecified atom stereocenters. The molecule has 0 saturated heterocycles. The molecule has 0 spiro atoms. The fraction of sp³-hybridized carbons (Fsp3) is 0. The Morgan fingerprint density at radius 2 is 1.83 bits per heavy atom. The summed E-state index contributed by atoms with van der Waals surface area (Å²) in [6.07, 6.45) is 1.03. The Kier molecular flexibility index (Phi) is 3.74. The van der Waals surface area contributed by atoms with Crippen LogP contribution in [0.15, 0.2) is 42.6 Å². The van der Waals surface area contributed by atoms with Crippen molar-refractivity contribution in [2.45, 2.75) is 0 Å². The first-order valence-corrected chi connectivity index (χ1v) is 5.46. The lowest BCUT2D eigenvalue weighted by Gasteiger charge is -2.06. The number of benzene rings is 1. The molecule has 2 amide bonds. The molecule has 2 N–H and O–H groups in total. The maximum atomic E-state index is 12.6. The lowest BCUT2D eigenvalue weighted by molar-refractivity contribution is 0.262. The number of urea groups is 1. The summed E-state index contributed by atoms with van der Waals surface area (Å²) in [5.41, 5.74) is 0.596. The molecule has 4 nitrogen and oxygen atoms in total. The van der Waals surface area contributed by atoms with Crippen molar-refractivity contribution >= 4 is 29.1 Å². The highest BCUT2D eigenvalue weighted by Crippen LogP contribution is 2.13. The Balaban J connectivity index is 1.96. The predicted octanol–water partition coefficient (Wildman–Crippen LogP) is 3.52. The molecule has 0 atom stereocenters. The Morgan fingerprint density at radius 3 is 2.44 bits per heavy atom. The molecule has 0 saturated carbocycles. The molecule has 0 aliphatic heterocycles. The molecule has 2 aromatic rings. The van der Waals surface area contributed by atoms with Crippen LogP contribution in [0.3, 0.4) is 0 Å². The molecule has 6 heteroatoms. The van der Waals surface area contributed by atoms with Crippen molar-refractivity contribution in [3.05, 3.63) is 53.4 Å². The number of hydrogen-bond acceptors (Lipinski definition) is 2. The molecular formula is C12H9ClFN3O. The van der Waals surface area contributed by atoms with Gasteiger partial charge in [-0.2, -0.15) is 0 Å². The van der Waals surface area contributed by atoms with Crippen LogP contribution in [0.2, 0.25) is 5.02 Å². The number of halogens is 2. The quantitative estimate of drug-likeness (QED) is 0.873. The summed E-state index contributed by atoms with van der Waals surface area (Å²) in [5.74, 6) is -0.193. The number of nitrogens with one attached hydrogen (secondary N) is 2. The van der Waals surface area contributed by atoms with Crippen LogP contribution in [-0.2, 0) is 0 Å². The van der Waals surface area contributed by atoms with Gasteiger partial charge in [-0.25, -0.2) is 14.2 Å². The van der Waals surface area contributed by atoms with E-state index < -0.39 is 11.8 Å². The van der Waals surface area contributed by atoms with Gasteiger partial charge < -0.3 is 5.32 Å². The van der Waals surface area contributed by atoms with Crippen LogP contribution in [0.5, 0.6) is 0 Å². The second-order valence-electron chi connectivity index (χ2n) is 3.45. The normalized spacial score (nSPS) is 9.89. The van der Waals surface area contributed by atoms with Gasteiger partial charge in [0.15, 0.2) is 0 Å². The number of carbonyl (C=O) groups is 1. The van der Waals surface area contributed by atoms with E-state index in [1.807, 2.05) is 0 Å². The lowest BCUT2D eigenvalue weighted by atomic mass is 10.3. The van der Waals surface area contributed by atoms with Crippen molar-refractivity contribution < 1.29 is 9.18 Å². The molecule has 0 bridgehead atoms. The zero-order chi connectivity index (χ0) is 13.0. The van der Waals surface area contributed by atoms with E-state index in [9.17, 15) is 9.18 Å². The van der Waals surface area contributed by atoms with E-state index in [2.05, 4.69) is 15.6 Å². The molecule has 0 fully saturated rings. The van der Waals surface area contributed by atoms with E-state index in [1.54, 1.807) is 24.3 Å². The minimum atomic E-state index is -0.462. The zero-order valence-electron chi connectivity index (χ0n) is 9.15. The third kappa shape index (κ3) is 3.43. The number of amides is 2. The van der Waals surface area contributed by atoms with Gasteiger partial charge in [0.25, 0.3) is 0 Å². The van der Waals surface area contributed by atoms with E-state index in [4.69, 9.17) is 11.6 Å². The molecule has 0 aliphatic rings. The zero-order valence-corrected chi connectivity index (χ0v) is 9.91. The van der Waals surface area contributed by atoms with Crippen LogP contribution in [0.4, 0.5) is 20.7 Å². The van der Waals surface area contributed by atoms with Crippen LogP contribution in [0.25, 0.3) is 0 Å². The van der Waals surface area contributed by atoms with E-state index in [-0.39, 0.29) is 5.82 Å². The molecule has 1 aromatic carbocycles. The number of hydrogen-bond donors (Lipinski definition) is 2. The van der Waals surface area contributed by atoms with Crippen molar-refractivity contribution in [1.29, 1.82) is 0 Å². The van der Waals surface area contributed by atoms with Gasteiger partial charge in [-0.15, -0.1) is 0 Å². The first kappa shape index (κ1) is 12.3. The van der Waals surface area contributed by atoms with Crippen LogP contribution >= 0.6 is 11.6 Å². The first-order chi connectivity index (χ1) is 8.63.